The highest BCUT2D eigenvalue weighted by Crippen LogP contribution is 2.08. The number of unbranched alkanes of at least 4 members (excludes halogenated alkanes) is 2. The SMILES string of the molecule is CCCCCNCCN1CCCSCC1. The molecule has 0 saturated carbocycles. The van der Waals surface area contributed by atoms with Crippen LogP contribution in [0.4, 0.5) is 0 Å². The minimum atomic E-state index is 1.17. The van der Waals surface area contributed by atoms with E-state index in [0.29, 0.717) is 0 Å². The molecule has 3 heteroatoms. The Morgan fingerprint density at radius 3 is 2.93 bits per heavy atom. The molecule has 1 saturated heterocycles. The predicted molar refractivity (Wildman–Crippen MR) is 70.8 cm³/mol. The first-order valence-electron chi connectivity index (χ1n) is 6.44. The predicted octanol–water partition coefficient (Wildman–Crippen LogP) is 2.21. The van der Waals surface area contributed by atoms with Crippen molar-refractivity contribution in [2.24, 2.45) is 0 Å². The van der Waals surface area contributed by atoms with Crippen molar-refractivity contribution in [1.82, 2.24) is 10.2 Å². The van der Waals surface area contributed by atoms with E-state index in [-0.39, 0.29) is 0 Å². The van der Waals surface area contributed by atoms with Crippen molar-refractivity contribution in [2.75, 3.05) is 44.2 Å². The maximum Gasteiger partial charge on any atom is 0.0107 e. The Kier molecular flexibility index (Phi) is 8.44. The summed E-state index contributed by atoms with van der Waals surface area (Å²) in [7, 11) is 0. The van der Waals surface area contributed by atoms with E-state index < -0.39 is 0 Å². The van der Waals surface area contributed by atoms with Gasteiger partial charge in [-0.1, -0.05) is 19.8 Å². The molecule has 0 amide bonds. The molecule has 2 nitrogen and oxygen atoms in total. The summed E-state index contributed by atoms with van der Waals surface area (Å²) in [5.74, 6) is 2.69. The van der Waals surface area contributed by atoms with Crippen molar-refractivity contribution in [3.8, 4) is 0 Å². The van der Waals surface area contributed by atoms with Crippen LogP contribution in [0.5, 0.6) is 0 Å². The van der Waals surface area contributed by atoms with Gasteiger partial charge in [0.05, 0.1) is 0 Å². The third-order valence-corrected chi connectivity index (χ3v) is 3.93. The molecule has 1 aliphatic rings. The van der Waals surface area contributed by atoms with E-state index in [1.165, 1.54) is 69.9 Å². The second kappa shape index (κ2) is 9.49. The molecule has 1 heterocycles. The fraction of sp³-hybridized carbons (Fsp3) is 1.00. The summed E-state index contributed by atoms with van der Waals surface area (Å²) >= 11 is 2.11. The van der Waals surface area contributed by atoms with Gasteiger partial charge in [0.1, 0.15) is 0 Å². The molecule has 15 heavy (non-hydrogen) atoms. The molecule has 0 aliphatic carbocycles. The quantitative estimate of drug-likeness (QED) is 0.675. The van der Waals surface area contributed by atoms with E-state index in [0.717, 1.165) is 0 Å². The third-order valence-electron chi connectivity index (χ3n) is 2.88. The lowest BCUT2D eigenvalue weighted by Crippen LogP contribution is -2.34. The Morgan fingerprint density at radius 1 is 1.13 bits per heavy atom. The molecule has 0 unspecified atom stereocenters. The van der Waals surface area contributed by atoms with Gasteiger partial charge in [0.15, 0.2) is 0 Å². The average Bonchev–Trinajstić information content (AvgIpc) is 2.52. The second-order valence-corrected chi connectivity index (χ2v) is 5.49. The van der Waals surface area contributed by atoms with Gasteiger partial charge in [-0.15, -0.1) is 0 Å². The monoisotopic (exact) mass is 230 g/mol. The molecule has 1 fully saturated rings. The fourth-order valence-corrected chi connectivity index (χ4v) is 2.81. The van der Waals surface area contributed by atoms with Gasteiger partial charge in [0.2, 0.25) is 0 Å². The number of nitrogens with zero attached hydrogens (tertiary/aromatic N) is 1. The van der Waals surface area contributed by atoms with Crippen LogP contribution in [0.15, 0.2) is 0 Å². The van der Waals surface area contributed by atoms with E-state index in [2.05, 4.69) is 28.9 Å². The van der Waals surface area contributed by atoms with Gasteiger partial charge in [-0.3, -0.25) is 0 Å². The standard InChI is InChI=1S/C12H26N2S/c1-2-3-4-6-13-7-9-14-8-5-11-15-12-10-14/h13H,2-12H2,1H3. The highest BCUT2D eigenvalue weighted by atomic mass is 32.2. The Labute approximate surface area is 99.2 Å². The first-order chi connectivity index (χ1) is 7.43. The van der Waals surface area contributed by atoms with Crippen LogP contribution in [0, 0.1) is 0 Å². The van der Waals surface area contributed by atoms with E-state index in [1.807, 2.05) is 0 Å². The molecule has 0 bridgehead atoms. The molecule has 1 aliphatic heterocycles. The van der Waals surface area contributed by atoms with Crippen LogP contribution in [-0.4, -0.2) is 49.1 Å². The Hall–Kier alpha value is 0.270. The lowest BCUT2D eigenvalue weighted by atomic mass is 10.2. The number of thioether (sulfide) groups is 1. The molecule has 0 radical (unpaired) electrons. The van der Waals surface area contributed by atoms with Crippen LogP contribution in [0.3, 0.4) is 0 Å². The third kappa shape index (κ3) is 7.20. The van der Waals surface area contributed by atoms with Crippen molar-refractivity contribution >= 4 is 11.8 Å². The van der Waals surface area contributed by atoms with Crippen molar-refractivity contribution in [3.05, 3.63) is 0 Å². The van der Waals surface area contributed by atoms with Crippen LogP contribution in [0.1, 0.15) is 32.6 Å². The minimum Gasteiger partial charge on any atom is -0.315 e. The molecule has 0 atom stereocenters. The van der Waals surface area contributed by atoms with Gasteiger partial charge in [0, 0.05) is 25.4 Å². The highest BCUT2D eigenvalue weighted by Gasteiger charge is 2.07. The fourth-order valence-electron chi connectivity index (χ4n) is 1.88. The minimum absolute atomic E-state index is 1.17. The van der Waals surface area contributed by atoms with Gasteiger partial charge in [-0.05, 0) is 31.7 Å². The van der Waals surface area contributed by atoms with E-state index in [1.54, 1.807) is 0 Å². The number of rotatable bonds is 7. The average molecular weight is 230 g/mol. The van der Waals surface area contributed by atoms with Gasteiger partial charge >= 0.3 is 0 Å². The number of hydrogen-bond acceptors (Lipinski definition) is 3. The topological polar surface area (TPSA) is 15.3 Å². The van der Waals surface area contributed by atoms with Crippen LogP contribution >= 0.6 is 11.8 Å². The maximum absolute atomic E-state index is 3.54. The summed E-state index contributed by atoms with van der Waals surface area (Å²) in [6.07, 6.45) is 5.41. The first kappa shape index (κ1) is 13.3. The number of nitrogens with one attached hydrogen (secondary N) is 1. The normalized spacial score (nSPS) is 19.0. The lowest BCUT2D eigenvalue weighted by molar-refractivity contribution is 0.294. The second-order valence-electron chi connectivity index (χ2n) is 4.26. The molecule has 0 aromatic rings. The van der Waals surface area contributed by atoms with Crippen molar-refractivity contribution in [3.63, 3.8) is 0 Å². The first-order valence-corrected chi connectivity index (χ1v) is 7.59. The Balaban J connectivity index is 1.89. The number of hydrogen-bond donors (Lipinski definition) is 1. The zero-order chi connectivity index (χ0) is 10.8. The van der Waals surface area contributed by atoms with Gasteiger partial charge in [-0.25, -0.2) is 0 Å². The molecule has 0 aromatic carbocycles. The summed E-state index contributed by atoms with van der Waals surface area (Å²) in [5, 5.41) is 3.54. The highest BCUT2D eigenvalue weighted by molar-refractivity contribution is 7.99. The van der Waals surface area contributed by atoms with Crippen LogP contribution in [-0.2, 0) is 0 Å². The van der Waals surface area contributed by atoms with Gasteiger partial charge in [0.25, 0.3) is 0 Å². The van der Waals surface area contributed by atoms with E-state index >= 15 is 0 Å². The van der Waals surface area contributed by atoms with Crippen LogP contribution < -0.4 is 5.32 Å². The van der Waals surface area contributed by atoms with Crippen LogP contribution in [0.2, 0.25) is 0 Å². The summed E-state index contributed by atoms with van der Waals surface area (Å²) < 4.78 is 0. The van der Waals surface area contributed by atoms with E-state index in [9.17, 15) is 0 Å². The van der Waals surface area contributed by atoms with Crippen molar-refractivity contribution < 1.29 is 0 Å². The molecular formula is C12H26N2S. The van der Waals surface area contributed by atoms with Crippen molar-refractivity contribution in [1.29, 1.82) is 0 Å². The summed E-state index contributed by atoms with van der Waals surface area (Å²) in [6.45, 7) is 8.48. The van der Waals surface area contributed by atoms with E-state index in [4.69, 9.17) is 0 Å². The molecule has 0 spiro atoms. The zero-order valence-electron chi connectivity index (χ0n) is 10.1. The molecule has 0 aromatic heterocycles. The smallest absolute Gasteiger partial charge is 0.0107 e. The summed E-state index contributed by atoms with van der Waals surface area (Å²) in [5.41, 5.74) is 0. The Morgan fingerprint density at radius 2 is 2.07 bits per heavy atom. The summed E-state index contributed by atoms with van der Waals surface area (Å²) in [4.78, 5) is 2.60. The Bertz CT molecular complexity index is 134. The largest absolute Gasteiger partial charge is 0.315 e. The van der Waals surface area contributed by atoms with Crippen molar-refractivity contribution in [2.45, 2.75) is 32.6 Å². The summed E-state index contributed by atoms with van der Waals surface area (Å²) in [6, 6.07) is 0. The lowest BCUT2D eigenvalue weighted by Gasteiger charge is -2.19. The van der Waals surface area contributed by atoms with Crippen LogP contribution in [0.25, 0.3) is 0 Å². The zero-order valence-corrected chi connectivity index (χ0v) is 11.0. The molecular weight excluding hydrogens is 204 g/mol. The molecule has 90 valence electrons. The maximum atomic E-state index is 3.54. The van der Waals surface area contributed by atoms with Gasteiger partial charge < -0.3 is 10.2 Å². The molecule has 1 rings (SSSR count). The molecule has 1 N–H and O–H groups in total. The van der Waals surface area contributed by atoms with Gasteiger partial charge in [-0.2, -0.15) is 11.8 Å².